The molecule has 2 heterocycles. The van der Waals surface area contributed by atoms with Crippen LogP contribution in [0, 0.1) is 0 Å². The Labute approximate surface area is 86.7 Å². The average Bonchev–Trinajstić information content (AvgIpc) is 2.57. The Bertz CT molecular complexity index is 530. The predicted molar refractivity (Wildman–Crippen MR) is 55.5 cm³/mol. The van der Waals surface area contributed by atoms with Crippen LogP contribution in [0.1, 0.15) is 24.1 Å². The Hall–Kier alpha value is -1.71. The molecule has 3 rings (SSSR count). The highest BCUT2D eigenvalue weighted by atomic mass is 16.1. The van der Waals surface area contributed by atoms with Gasteiger partial charge in [0.15, 0.2) is 5.65 Å². The fraction of sp³-hybridized carbons (Fsp3) is 0.364. The molecule has 0 amide bonds. The van der Waals surface area contributed by atoms with E-state index in [4.69, 9.17) is 0 Å². The number of H-pyrrole nitrogens is 1. The number of fused-ring (bicyclic) bond motifs is 2. The molecule has 4 heteroatoms. The summed E-state index contributed by atoms with van der Waals surface area (Å²) >= 11 is 0. The summed E-state index contributed by atoms with van der Waals surface area (Å²) in [6.07, 6.45) is 4.78. The first-order valence-electron chi connectivity index (χ1n) is 5.16. The molecule has 0 fully saturated rings. The van der Waals surface area contributed by atoms with Crippen molar-refractivity contribution in [3.63, 3.8) is 0 Å². The van der Waals surface area contributed by atoms with Gasteiger partial charge >= 0.3 is 0 Å². The summed E-state index contributed by atoms with van der Waals surface area (Å²) in [7, 11) is 0. The van der Waals surface area contributed by atoms with Crippen LogP contribution >= 0.6 is 0 Å². The Kier molecular flexibility index (Phi) is 1.80. The zero-order chi connectivity index (χ0) is 10.3. The number of nitrogens with one attached hydrogen (secondary N) is 1. The van der Waals surface area contributed by atoms with Crippen LogP contribution in [0.2, 0.25) is 0 Å². The molecule has 1 aliphatic carbocycles. The zero-order valence-electron chi connectivity index (χ0n) is 8.29. The van der Waals surface area contributed by atoms with Crippen molar-refractivity contribution in [1.82, 2.24) is 15.2 Å². The highest BCUT2D eigenvalue weighted by Gasteiger charge is 2.15. The third-order valence-electron chi connectivity index (χ3n) is 2.85. The number of aryl methyl sites for hydroxylation is 1. The first-order chi connectivity index (χ1) is 7.33. The maximum Gasteiger partial charge on any atom is 0.155 e. The van der Waals surface area contributed by atoms with Crippen molar-refractivity contribution < 1.29 is 4.79 Å². The second kappa shape index (κ2) is 3.15. The number of pyridine rings is 1. The van der Waals surface area contributed by atoms with Gasteiger partial charge in [-0.25, -0.2) is 4.98 Å². The maximum atomic E-state index is 11.5. The number of hydrogen-bond donors (Lipinski definition) is 1. The Morgan fingerprint density at radius 1 is 1.33 bits per heavy atom. The van der Waals surface area contributed by atoms with Crippen LogP contribution in [0.25, 0.3) is 11.0 Å². The Morgan fingerprint density at radius 2 is 2.27 bits per heavy atom. The van der Waals surface area contributed by atoms with Crippen molar-refractivity contribution in [2.45, 2.75) is 25.7 Å². The Balaban J connectivity index is 2.19. The lowest BCUT2D eigenvalue weighted by atomic mass is 10.1. The topological polar surface area (TPSA) is 58.6 Å². The van der Waals surface area contributed by atoms with Crippen LogP contribution in [0.5, 0.6) is 0 Å². The molecule has 0 aliphatic heterocycles. The molecular formula is C11H11N3O. The summed E-state index contributed by atoms with van der Waals surface area (Å²) in [5.74, 6) is 0.318. The lowest BCUT2D eigenvalue weighted by Crippen LogP contribution is -2.01. The number of rotatable bonds is 0. The van der Waals surface area contributed by atoms with E-state index in [1.54, 1.807) is 6.20 Å². The largest absolute Gasteiger partial charge is 0.299 e. The second-order valence-electron chi connectivity index (χ2n) is 3.97. The van der Waals surface area contributed by atoms with E-state index in [9.17, 15) is 4.79 Å². The van der Waals surface area contributed by atoms with Crippen LogP contribution < -0.4 is 0 Å². The number of hydrogen-bond acceptors (Lipinski definition) is 3. The minimum atomic E-state index is 0.318. The third kappa shape index (κ3) is 1.42. The average molecular weight is 201 g/mol. The van der Waals surface area contributed by atoms with Gasteiger partial charge in [-0.05, 0) is 24.5 Å². The number of aromatic amines is 1. The van der Waals surface area contributed by atoms with Crippen molar-refractivity contribution in [2.24, 2.45) is 0 Å². The van der Waals surface area contributed by atoms with Gasteiger partial charge in [0.05, 0.1) is 6.20 Å². The molecule has 76 valence electrons. The van der Waals surface area contributed by atoms with E-state index < -0.39 is 0 Å². The molecular weight excluding hydrogens is 190 g/mol. The summed E-state index contributed by atoms with van der Waals surface area (Å²) in [6, 6.07) is 2.03. The maximum absolute atomic E-state index is 11.5. The fourth-order valence-corrected chi connectivity index (χ4v) is 2.08. The molecule has 0 bridgehead atoms. The van der Waals surface area contributed by atoms with Gasteiger partial charge in [0, 0.05) is 23.9 Å². The van der Waals surface area contributed by atoms with Gasteiger partial charge in [-0.15, -0.1) is 0 Å². The number of Topliss-reactive ketones (excluding diaryl/α,β-unsaturated/α-hetero) is 1. The van der Waals surface area contributed by atoms with E-state index in [0.717, 1.165) is 35.1 Å². The molecule has 0 spiro atoms. The zero-order valence-corrected chi connectivity index (χ0v) is 8.29. The van der Waals surface area contributed by atoms with Crippen molar-refractivity contribution in [3.05, 3.63) is 23.5 Å². The summed E-state index contributed by atoms with van der Waals surface area (Å²) in [4.78, 5) is 16.0. The van der Waals surface area contributed by atoms with Crippen molar-refractivity contribution >= 4 is 16.8 Å². The molecule has 4 nitrogen and oxygen atoms in total. The minimum absolute atomic E-state index is 0.318. The van der Waals surface area contributed by atoms with Gasteiger partial charge in [0.2, 0.25) is 0 Å². The number of aromatic nitrogens is 3. The molecule has 1 aliphatic rings. The number of ketones is 1. The van der Waals surface area contributed by atoms with Crippen molar-refractivity contribution in [1.29, 1.82) is 0 Å². The molecule has 0 radical (unpaired) electrons. The molecule has 0 saturated carbocycles. The van der Waals surface area contributed by atoms with Crippen LogP contribution in [-0.4, -0.2) is 21.0 Å². The van der Waals surface area contributed by atoms with Crippen molar-refractivity contribution in [3.8, 4) is 0 Å². The molecule has 2 aromatic rings. The first kappa shape index (κ1) is 8.59. The lowest BCUT2D eigenvalue weighted by Gasteiger charge is -2.02. The van der Waals surface area contributed by atoms with E-state index in [0.29, 0.717) is 18.6 Å². The minimum Gasteiger partial charge on any atom is -0.299 e. The van der Waals surface area contributed by atoms with Crippen molar-refractivity contribution in [2.75, 3.05) is 0 Å². The van der Waals surface area contributed by atoms with Gasteiger partial charge in [0.25, 0.3) is 0 Å². The van der Waals surface area contributed by atoms with Crippen LogP contribution in [-0.2, 0) is 17.6 Å². The van der Waals surface area contributed by atoms with E-state index in [-0.39, 0.29) is 0 Å². The SMILES string of the molecule is O=C1CCCc2nc3[nH]ncc3cc2C1. The molecule has 15 heavy (non-hydrogen) atoms. The van der Waals surface area contributed by atoms with Crippen LogP contribution in [0.15, 0.2) is 12.3 Å². The van der Waals surface area contributed by atoms with Gasteiger partial charge < -0.3 is 0 Å². The molecule has 0 unspecified atom stereocenters. The molecule has 0 saturated heterocycles. The number of nitrogens with zero attached hydrogens (tertiary/aromatic N) is 2. The predicted octanol–water partition coefficient (Wildman–Crippen LogP) is 1.41. The third-order valence-corrected chi connectivity index (χ3v) is 2.85. The summed E-state index contributed by atoms with van der Waals surface area (Å²) in [6.45, 7) is 0. The molecule has 0 aromatic carbocycles. The van der Waals surface area contributed by atoms with Crippen LogP contribution in [0.3, 0.4) is 0 Å². The summed E-state index contributed by atoms with van der Waals surface area (Å²) in [5.41, 5.74) is 2.95. The second-order valence-corrected chi connectivity index (χ2v) is 3.97. The smallest absolute Gasteiger partial charge is 0.155 e. The monoisotopic (exact) mass is 201 g/mol. The lowest BCUT2D eigenvalue weighted by molar-refractivity contribution is -0.118. The van der Waals surface area contributed by atoms with E-state index in [1.807, 2.05) is 6.07 Å². The summed E-state index contributed by atoms with van der Waals surface area (Å²) in [5, 5.41) is 7.79. The first-order valence-corrected chi connectivity index (χ1v) is 5.16. The van der Waals surface area contributed by atoms with Crippen LogP contribution in [0.4, 0.5) is 0 Å². The Morgan fingerprint density at radius 3 is 3.20 bits per heavy atom. The van der Waals surface area contributed by atoms with Gasteiger partial charge in [0.1, 0.15) is 5.78 Å². The summed E-state index contributed by atoms with van der Waals surface area (Å²) < 4.78 is 0. The highest BCUT2D eigenvalue weighted by Crippen LogP contribution is 2.20. The number of carbonyl (C=O) groups is 1. The van der Waals surface area contributed by atoms with E-state index in [1.165, 1.54) is 0 Å². The molecule has 2 aromatic heterocycles. The fourth-order valence-electron chi connectivity index (χ4n) is 2.08. The van der Waals surface area contributed by atoms with Gasteiger partial charge in [-0.2, -0.15) is 5.10 Å². The standard InChI is InChI=1S/C11H11N3O/c15-9-2-1-3-10-7(5-9)4-8-6-12-14-11(8)13-10/h4,6H,1-3,5H2,(H,12,13,14). The van der Waals surface area contributed by atoms with E-state index in [2.05, 4.69) is 15.2 Å². The van der Waals surface area contributed by atoms with Gasteiger partial charge in [-0.3, -0.25) is 9.89 Å². The van der Waals surface area contributed by atoms with E-state index >= 15 is 0 Å². The molecule has 0 atom stereocenters. The highest BCUT2D eigenvalue weighted by molar-refractivity contribution is 5.83. The molecule has 1 N–H and O–H groups in total. The normalized spacial score (nSPS) is 16.4. The quantitative estimate of drug-likeness (QED) is 0.655. The van der Waals surface area contributed by atoms with Gasteiger partial charge in [-0.1, -0.05) is 0 Å². The number of carbonyl (C=O) groups excluding carboxylic acids is 1.